The van der Waals surface area contributed by atoms with Crippen LogP contribution in [0.25, 0.3) is 0 Å². The van der Waals surface area contributed by atoms with E-state index < -0.39 is 5.60 Å². The predicted octanol–water partition coefficient (Wildman–Crippen LogP) is 2.30. The number of hydrogen-bond donors (Lipinski definition) is 1. The van der Waals surface area contributed by atoms with Crippen LogP contribution in [0.1, 0.15) is 36.8 Å². The first-order chi connectivity index (χ1) is 8.98. The summed E-state index contributed by atoms with van der Waals surface area (Å²) in [6.07, 6.45) is 4.17. The Labute approximate surface area is 115 Å². The highest BCUT2D eigenvalue weighted by Gasteiger charge is 2.33. The fraction of sp³-hybridized carbons (Fsp3) is 0.562. The van der Waals surface area contributed by atoms with Gasteiger partial charge < -0.3 is 10.0 Å². The van der Waals surface area contributed by atoms with Crippen molar-refractivity contribution in [3.63, 3.8) is 0 Å². The average Bonchev–Trinajstić information content (AvgIpc) is 2.75. The minimum Gasteiger partial charge on any atom is -0.388 e. The van der Waals surface area contributed by atoms with Crippen LogP contribution in [0.2, 0.25) is 0 Å². The van der Waals surface area contributed by atoms with Crippen LogP contribution >= 0.6 is 0 Å². The molecule has 1 aliphatic rings. The lowest BCUT2D eigenvalue weighted by molar-refractivity contribution is -0.132. The maximum atomic E-state index is 12.2. The van der Waals surface area contributed by atoms with Gasteiger partial charge >= 0.3 is 0 Å². The van der Waals surface area contributed by atoms with Gasteiger partial charge in [0, 0.05) is 13.6 Å². The summed E-state index contributed by atoms with van der Waals surface area (Å²) in [5.74, 6) is 0.0749. The zero-order valence-electron chi connectivity index (χ0n) is 11.9. The SMILES string of the molecule is Cc1cccc(CC(=O)N(C)CC2(O)CCCC2)c1. The highest BCUT2D eigenvalue weighted by atomic mass is 16.3. The van der Waals surface area contributed by atoms with Crippen molar-refractivity contribution in [2.75, 3.05) is 13.6 Å². The van der Waals surface area contributed by atoms with Gasteiger partial charge in [-0.15, -0.1) is 0 Å². The third kappa shape index (κ3) is 3.80. The van der Waals surface area contributed by atoms with Crippen molar-refractivity contribution < 1.29 is 9.90 Å². The van der Waals surface area contributed by atoms with E-state index in [1.54, 1.807) is 11.9 Å². The summed E-state index contributed by atoms with van der Waals surface area (Å²) in [6, 6.07) is 8.01. The first-order valence-electron chi connectivity index (χ1n) is 7.00. The van der Waals surface area contributed by atoms with Gasteiger partial charge in [-0.2, -0.15) is 0 Å². The van der Waals surface area contributed by atoms with Crippen molar-refractivity contribution in [1.82, 2.24) is 4.90 Å². The van der Waals surface area contributed by atoms with Gasteiger partial charge in [0.15, 0.2) is 0 Å². The molecule has 1 saturated carbocycles. The quantitative estimate of drug-likeness (QED) is 0.903. The van der Waals surface area contributed by atoms with Crippen LogP contribution in [-0.4, -0.2) is 35.1 Å². The number of aliphatic hydroxyl groups is 1. The lowest BCUT2D eigenvalue weighted by Crippen LogP contribution is -2.42. The molecule has 0 aliphatic heterocycles. The summed E-state index contributed by atoms with van der Waals surface area (Å²) in [7, 11) is 1.79. The van der Waals surface area contributed by atoms with Crippen LogP contribution in [0, 0.1) is 6.92 Å². The van der Waals surface area contributed by atoms with E-state index in [1.807, 2.05) is 31.2 Å². The molecule has 104 valence electrons. The van der Waals surface area contributed by atoms with Gasteiger partial charge in [0.2, 0.25) is 5.91 Å². The number of nitrogens with zero attached hydrogens (tertiary/aromatic N) is 1. The molecule has 1 N–H and O–H groups in total. The fourth-order valence-corrected chi connectivity index (χ4v) is 2.85. The number of hydrogen-bond acceptors (Lipinski definition) is 2. The Hall–Kier alpha value is -1.35. The summed E-state index contributed by atoms with van der Waals surface area (Å²) in [5, 5.41) is 10.3. The molecule has 0 aromatic heterocycles. The van der Waals surface area contributed by atoms with E-state index in [2.05, 4.69) is 0 Å². The van der Waals surface area contributed by atoms with Crippen LogP contribution < -0.4 is 0 Å². The summed E-state index contributed by atoms with van der Waals surface area (Å²) in [4.78, 5) is 13.8. The molecular weight excluding hydrogens is 238 g/mol. The predicted molar refractivity (Wildman–Crippen MR) is 75.9 cm³/mol. The zero-order chi connectivity index (χ0) is 13.9. The second kappa shape index (κ2) is 5.74. The first kappa shape index (κ1) is 14.1. The number of rotatable bonds is 4. The third-order valence-electron chi connectivity index (χ3n) is 3.93. The summed E-state index contributed by atoms with van der Waals surface area (Å²) < 4.78 is 0. The molecule has 3 nitrogen and oxygen atoms in total. The van der Waals surface area contributed by atoms with Crippen molar-refractivity contribution in [3.8, 4) is 0 Å². The fourth-order valence-electron chi connectivity index (χ4n) is 2.85. The topological polar surface area (TPSA) is 40.5 Å². The van der Waals surface area contributed by atoms with Gasteiger partial charge in [0.05, 0.1) is 12.0 Å². The summed E-state index contributed by atoms with van der Waals surface area (Å²) in [5.41, 5.74) is 1.55. The van der Waals surface area contributed by atoms with Gasteiger partial charge in [-0.05, 0) is 25.3 Å². The zero-order valence-corrected chi connectivity index (χ0v) is 11.9. The van der Waals surface area contributed by atoms with E-state index in [0.717, 1.165) is 31.2 Å². The van der Waals surface area contributed by atoms with E-state index >= 15 is 0 Å². The normalized spacial score (nSPS) is 17.4. The van der Waals surface area contributed by atoms with Gasteiger partial charge in [-0.1, -0.05) is 42.7 Å². The third-order valence-corrected chi connectivity index (χ3v) is 3.93. The second-order valence-corrected chi connectivity index (χ2v) is 5.85. The maximum Gasteiger partial charge on any atom is 0.226 e. The van der Waals surface area contributed by atoms with E-state index in [0.29, 0.717) is 13.0 Å². The molecule has 0 saturated heterocycles. The molecule has 0 spiro atoms. The molecule has 0 unspecified atom stereocenters. The number of benzene rings is 1. The van der Waals surface area contributed by atoms with Crippen molar-refractivity contribution in [1.29, 1.82) is 0 Å². The Bertz CT molecular complexity index is 450. The molecular formula is C16H23NO2. The molecule has 0 radical (unpaired) electrons. The van der Waals surface area contributed by atoms with Crippen LogP contribution in [0.15, 0.2) is 24.3 Å². The van der Waals surface area contributed by atoms with E-state index in [1.165, 1.54) is 5.56 Å². The Morgan fingerprint density at radius 1 is 1.37 bits per heavy atom. The van der Waals surface area contributed by atoms with Crippen LogP contribution in [0.3, 0.4) is 0 Å². The molecule has 2 rings (SSSR count). The molecule has 1 aromatic carbocycles. The molecule has 1 fully saturated rings. The Kier molecular flexibility index (Phi) is 4.25. The number of amides is 1. The Morgan fingerprint density at radius 3 is 2.68 bits per heavy atom. The van der Waals surface area contributed by atoms with Crippen LogP contribution in [0.5, 0.6) is 0 Å². The summed E-state index contributed by atoms with van der Waals surface area (Å²) in [6.45, 7) is 2.48. The Morgan fingerprint density at radius 2 is 2.05 bits per heavy atom. The summed E-state index contributed by atoms with van der Waals surface area (Å²) >= 11 is 0. The molecule has 1 aromatic rings. The standard InChI is InChI=1S/C16H23NO2/c1-13-6-5-7-14(10-13)11-15(18)17(2)12-16(19)8-3-4-9-16/h5-7,10,19H,3-4,8-9,11-12H2,1-2H3. The molecule has 0 heterocycles. The van der Waals surface area contributed by atoms with Crippen molar-refractivity contribution >= 4 is 5.91 Å². The lowest BCUT2D eigenvalue weighted by Gasteiger charge is -2.28. The van der Waals surface area contributed by atoms with Crippen molar-refractivity contribution in [3.05, 3.63) is 35.4 Å². The number of aryl methyl sites for hydroxylation is 1. The largest absolute Gasteiger partial charge is 0.388 e. The number of carbonyl (C=O) groups excluding carboxylic acids is 1. The van der Waals surface area contributed by atoms with Gasteiger partial charge in [-0.25, -0.2) is 0 Å². The van der Waals surface area contributed by atoms with Gasteiger partial charge in [0.25, 0.3) is 0 Å². The molecule has 0 atom stereocenters. The Balaban J connectivity index is 1.92. The van der Waals surface area contributed by atoms with Crippen molar-refractivity contribution in [2.24, 2.45) is 0 Å². The highest BCUT2D eigenvalue weighted by Crippen LogP contribution is 2.30. The second-order valence-electron chi connectivity index (χ2n) is 5.85. The lowest BCUT2D eigenvalue weighted by atomic mass is 10.0. The van der Waals surface area contributed by atoms with Gasteiger partial charge in [0.1, 0.15) is 0 Å². The monoisotopic (exact) mass is 261 g/mol. The molecule has 0 bridgehead atoms. The van der Waals surface area contributed by atoms with E-state index in [-0.39, 0.29) is 5.91 Å². The van der Waals surface area contributed by atoms with Crippen molar-refractivity contribution in [2.45, 2.75) is 44.6 Å². The highest BCUT2D eigenvalue weighted by molar-refractivity contribution is 5.78. The molecule has 1 aliphatic carbocycles. The minimum absolute atomic E-state index is 0.0749. The molecule has 19 heavy (non-hydrogen) atoms. The number of carbonyl (C=O) groups is 1. The molecule has 1 amide bonds. The maximum absolute atomic E-state index is 12.2. The first-order valence-corrected chi connectivity index (χ1v) is 7.00. The van der Waals surface area contributed by atoms with E-state index in [9.17, 15) is 9.90 Å². The molecule has 3 heteroatoms. The minimum atomic E-state index is -0.656. The van der Waals surface area contributed by atoms with Gasteiger partial charge in [-0.3, -0.25) is 4.79 Å². The smallest absolute Gasteiger partial charge is 0.226 e. The van der Waals surface area contributed by atoms with Crippen LogP contribution in [-0.2, 0) is 11.2 Å². The van der Waals surface area contributed by atoms with E-state index in [4.69, 9.17) is 0 Å². The average molecular weight is 261 g/mol. The number of likely N-dealkylation sites (N-methyl/N-ethyl adjacent to an activating group) is 1. The van der Waals surface area contributed by atoms with Crippen LogP contribution in [0.4, 0.5) is 0 Å².